The molecule has 0 spiro atoms. The van der Waals surface area contributed by atoms with Gasteiger partial charge in [-0.1, -0.05) is 218 Å². The number of benzene rings is 13. The minimum absolute atomic E-state index is 0.910. The van der Waals surface area contributed by atoms with E-state index >= 15 is 0 Å². The van der Waals surface area contributed by atoms with E-state index in [0.717, 1.165) is 76.5 Å². The number of aromatic nitrogens is 4. The van der Waals surface area contributed by atoms with Gasteiger partial charge in [0.25, 0.3) is 0 Å². The maximum Gasteiger partial charge on any atom is 0.100 e. The van der Waals surface area contributed by atoms with Gasteiger partial charge in [0.1, 0.15) is 11.0 Å². The Labute approximate surface area is 469 Å². The van der Waals surface area contributed by atoms with Crippen molar-refractivity contribution in [3.63, 3.8) is 0 Å². The molecule has 376 valence electrons. The van der Waals surface area contributed by atoms with Crippen LogP contribution in [0.1, 0.15) is 0 Å². The average molecular weight is 1040 g/mol. The van der Waals surface area contributed by atoms with Crippen LogP contribution in [0.2, 0.25) is 0 Å². The van der Waals surface area contributed by atoms with Crippen molar-refractivity contribution in [1.29, 1.82) is 0 Å². The van der Waals surface area contributed by atoms with Crippen LogP contribution in [0, 0.1) is 0 Å². The van der Waals surface area contributed by atoms with Crippen molar-refractivity contribution in [2.24, 2.45) is 0 Å². The van der Waals surface area contributed by atoms with Gasteiger partial charge in [0.05, 0.1) is 44.1 Å². The van der Waals surface area contributed by atoms with Gasteiger partial charge in [-0.15, -0.1) is 0 Å². The molecule has 0 aliphatic carbocycles. The minimum Gasteiger partial charge on any atom is -0.306 e. The normalized spacial score (nSPS) is 12.4. The van der Waals surface area contributed by atoms with Gasteiger partial charge in [0.15, 0.2) is 0 Å². The Bertz CT molecular complexity index is 5460. The Morgan fingerprint density at radius 2 is 0.524 bits per heavy atom. The Morgan fingerprint density at radius 1 is 0.195 bits per heavy atom. The van der Waals surface area contributed by atoms with Gasteiger partial charge in [-0.2, -0.15) is 0 Å². The quantitative estimate of drug-likeness (QED) is 0.166. The lowest BCUT2D eigenvalue weighted by atomic mass is 9.90. The van der Waals surface area contributed by atoms with Crippen LogP contribution in [-0.4, -0.2) is 18.8 Å². The van der Waals surface area contributed by atoms with Gasteiger partial charge in [0, 0.05) is 59.2 Å². The summed E-state index contributed by atoms with van der Waals surface area (Å²) < 4.78 is 5.19. The summed E-state index contributed by atoms with van der Waals surface area (Å²) in [5, 5.41) is 14.1. The van der Waals surface area contributed by atoms with Gasteiger partial charge >= 0.3 is 0 Å². The van der Waals surface area contributed by atoms with Crippen molar-refractivity contribution in [3.05, 3.63) is 267 Å². The number of rotatable bonds is 6. The van der Waals surface area contributed by atoms with Gasteiger partial charge in [-0.25, -0.2) is 9.97 Å². The van der Waals surface area contributed by atoms with Crippen LogP contribution < -0.4 is 0 Å². The molecule has 5 heterocycles. The molecule has 4 heteroatoms. The lowest BCUT2D eigenvalue weighted by Gasteiger charge is -2.13. The summed E-state index contributed by atoms with van der Waals surface area (Å²) in [5.41, 5.74) is 24.9. The molecule has 0 saturated carbocycles. The predicted octanol–water partition coefficient (Wildman–Crippen LogP) is 20.8. The van der Waals surface area contributed by atoms with Crippen LogP contribution in [0.4, 0.5) is 0 Å². The molecule has 0 unspecified atom stereocenters. The average Bonchev–Trinajstić information content (AvgIpc) is 3.82. The van der Waals surface area contributed by atoms with Gasteiger partial charge in [0.2, 0.25) is 0 Å². The van der Waals surface area contributed by atoms with Gasteiger partial charge in [-0.05, 0) is 121 Å². The molecule has 0 bridgehead atoms. The van der Waals surface area contributed by atoms with E-state index in [1.165, 1.54) is 110 Å². The van der Waals surface area contributed by atoms with E-state index in [-0.39, 0.29) is 0 Å². The molecule has 0 aliphatic heterocycles. The highest BCUT2D eigenvalue weighted by Crippen LogP contribution is 2.53. The van der Waals surface area contributed by atoms with Crippen molar-refractivity contribution in [3.8, 4) is 66.8 Å². The molecular formula is C78H44N4. The molecule has 0 radical (unpaired) electrons. The summed E-state index contributed by atoms with van der Waals surface area (Å²) in [4.78, 5) is 12.3. The van der Waals surface area contributed by atoms with E-state index in [1.807, 2.05) is 0 Å². The zero-order chi connectivity index (χ0) is 53.3. The first-order valence-electron chi connectivity index (χ1n) is 28.3. The molecule has 0 saturated heterocycles. The molecule has 82 heavy (non-hydrogen) atoms. The van der Waals surface area contributed by atoms with E-state index < -0.39 is 0 Å². The van der Waals surface area contributed by atoms with Gasteiger partial charge in [-0.3, -0.25) is 0 Å². The smallest absolute Gasteiger partial charge is 0.100 e. The van der Waals surface area contributed by atoms with Gasteiger partial charge < -0.3 is 8.80 Å². The Morgan fingerprint density at radius 3 is 0.902 bits per heavy atom. The van der Waals surface area contributed by atoms with E-state index in [1.54, 1.807) is 0 Å². The lowest BCUT2D eigenvalue weighted by molar-refractivity contribution is 1.33. The SMILES string of the molecule is c1ccc(-c2ccc3c(c2)c2cc(-c4ccccc4)cc4c5c6nc7c8ccc(-c9ccccc9)c9c(-c%10ccccc%10)ccc(c7nc6c6c7cc(-c%10ccccc%10)cc%10c%11cc(-c%12ccccc%12)ccc%11n(c%107)c6c5n3c24)c98)cc1. The summed E-state index contributed by atoms with van der Waals surface area (Å²) in [5.74, 6) is 0. The molecule has 0 amide bonds. The second-order valence-corrected chi connectivity index (χ2v) is 22.3. The van der Waals surface area contributed by atoms with Crippen LogP contribution in [-0.2, 0) is 0 Å². The predicted molar refractivity (Wildman–Crippen MR) is 345 cm³/mol. The molecule has 0 aliphatic rings. The zero-order valence-corrected chi connectivity index (χ0v) is 44.2. The second-order valence-electron chi connectivity index (χ2n) is 22.3. The topological polar surface area (TPSA) is 34.6 Å². The first-order chi connectivity index (χ1) is 40.7. The first kappa shape index (κ1) is 44.0. The fourth-order valence-electron chi connectivity index (χ4n) is 14.5. The monoisotopic (exact) mass is 1040 g/mol. The molecule has 0 fully saturated rings. The van der Waals surface area contributed by atoms with Crippen molar-refractivity contribution < 1.29 is 0 Å². The van der Waals surface area contributed by atoms with E-state index in [2.05, 4.69) is 276 Å². The fourth-order valence-corrected chi connectivity index (χ4v) is 14.5. The van der Waals surface area contributed by atoms with Crippen LogP contribution in [0.3, 0.4) is 0 Å². The Balaban J connectivity index is 1.06. The first-order valence-corrected chi connectivity index (χ1v) is 28.3. The molecule has 4 nitrogen and oxygen atoms in total. The number of nitrogens with zero attached hydrogens (tertiary/aromatic N) is 4. The maximum absolute atomic E-state index is 6.15. The fraction of sp³-hybridized carbons (Fsp3) is 0. The highest BCUT2D eigenvalue weighted by atomic mass is 15.0. The van der Waals surface area contributed by atoms with Crippen molar-refractivity contribution in [2.75, 3.05) is 0 Å². The number of hydrogen-bond donors (Lipinski definition) is 0. The highest BCUT2D eigenvalue weighted by Gasteiger charge is 2.31. The third kappa shape index (κ3) is 5.89. The molecule has 0 atom stereocenters. The van der Waals surface area contributed by atoms with Crippen LogP contribution in [0.25, 0.3) is 187 Å². The lowest BCUT2D eigenvalue weighted by Crippen LogP contribution is -1.92. The summed E-state index contributed by atoms with van der Waals surface area (Å²) >= 11 is 0. The largest absolute Gasteiger partial charge is 0.306 e. The van der Waals surface area contributed by atoms with Crippen LogP contribution in [0.15, 0.2) is 267 Å². The number of fused-ring (bicyclic) bond motifs is 19. The third-order valence-corrected chi connectivity index (χ3v) is 18.0. The van der Waals surface area contributed by atoms with Crippen molar-refractivity contribution >= 4 is 120 Å². The van der Waals surface area contributed by atoms with Crippen LogP contribution >= 0.6 is 0 Å². The molecule has 5 aromatic heterocycles. The molecule has 19 rings (SSSR count). The zero-order valence-electron chi connectivity index (χ0n) is 44.2. The number of hydrogen-bond acceptors (Lipinski definition) is 2. The third-order valence-electron chi connectivity index (χ3n) is 18.0. The minimum atomic E-state index is 0.910. The maximum atomic E-state index is 6.15. The van der Waals surface area contributed by atoms with E-state index in [0.29, 0.717) is 0 Å². The summed E-state index contributed by atoms with van der Waals surface area (Å²) in [6.07, 6.45) is 0. The summed E-state index contributed by atoms with van der Waals surface area (Å²) in [6.45, 7) is 0. The highest BCUT2D eigenvalue weighted by molar-refractivity contribution is 6.42. The van der Waals surface area contributed by atoms with Crippen LogP contribution in [0.5, 0.6) is 0 Å². The Kier molecular flexibility index (Phi) is 8.76. The van der Waals surface area contributed by atoms with E-state index in [9.17, 15) is 0 Å². The Hall–Kier alpha value is -10.9. The molecule has 0 N–H and O–H groups in total. The second kappa shape index (κ2) is 16.3. The summed E-state index contributed by atoms with van der Waals surface area (Å²) in [6, 6.07) is 98.3. The van der Waals surface area contributed by atoms with Crippen molar-refractivity contribution in [1.82, 2.24) is 18.8 Å². The molecular weight excluding hydrogens is 993 g/mol. The molecule has 14 aromatic carbocycles. The summed E-state index contributed by atoms with van der Waals surface area (Å²) in [7, 11) is 0. The standard InChI is InChI=1S/C78H44N4/c1-7-19-45(20-8-1)51-31-37-65-59(39-51)61-41-53(47-23-11-3-12-24-47)43-63-69-73-74(80-72-58-36-34-56(50-29-17-6-18-30-50)67-55(49-27-15-5-16-28-49)33-35-57(68(58)67)71(72)79-73)70-64-44-54(48-25-13-4-14-26-48)42-62-60-40-52(46-21-9-2-10-22-46)32-38-66(60)82(76(62)64)78(70)77(69)81(65)75(61)63/h1-44H. The molecule has 19 aromatic rings. The van der Waals surface area contributed by atoms with Crippen molar-refractivity contribution in [2.45, 2.75) is 0 Å². The van der Waals surface area contributed by atoms with E-state index in [4.69, 9.17) is 9.97 Å².